The maximum Gasteiger partial charge on any atom is 0.138 e. The highest BCUT2D eigenvalue weighted by Gasteiger charge is 2.13. The number of nitrogens with zero attached hydrogens (tertiary/aromatic N) is 3. The predicted octanol–water partition coefficient (Wildman–Crippen LogP) is 1.81. The molecule has 1 atom stereocenters. The summed E-state index contributed by atoms with van der Waals surface area (Å²) in [5, 5.41) is 13.4. The Bertz CT molecular complexity index is 283. The van der Waals surface area contributed by atoms with E-state index in [0.717, 1.165) is 25.1 Å². The van der Waals surface area contributed by atoms with Crippen molar-refractivity contribution < 1.29 is 5.11 Å². The second-order valence-electron chi connectivity index (χ2n) is 4.26. The van der Waals surface area contributed by atoms with Gasteiger partial charge in [0.2, 0.25) is 0 Å². The van der Waals surface area contributed by atoms with Crippen LogP contribution >= 0.6 is 0 Å². The molecular weight excluding hydrogens is 190 g/mol. The lowest BCUT2D eigenvalue weighted by Crippen LogP contribution is -2.15. The van der Waals surface area contributed by atoms with Crippen molar-refractivity contribution in [1.82, 2.24) is 14.8 Å². The summed E-state index contributed by atoms with van der Waals surface area (Å²) in [5.41, 5.74) is 0. The molecule has 0 aliphatic rings. The first-order valence-electron chi connectivity index (χ1n) is 5.68. The minimum absolute atomic E-state index is 0.235. The lowest BCUT2D eigenvalue weighted by atomic mass is 10.0. The van der Waals surface area contributed by atoms with Gasteiger partial charge in [0.1, 0.15) is 12.2 Å². The fourth-order valence-corrected chi connectivity index (χ4v) is 1.78. The third-order valence-corrected chi connectivity index (χ3v) is 2.56. The van der Waals surface area contributed by atoms with E-state index in [4.69, 9.17) is 0 Å². The first-order valence-corrected chi connectivity index (χ1v) is 5.68. The average Bonchev–Trinajstić information content (AvgIpc) is 2.65. The van der Waals surface area contributed by atoms with Gasteiger partial charge in [0.05, 0.1) is 0 Å². The molecule has 0 saturated carbocycles. The van der Waals surface area contributed by atoms with Gasteiger partial charge in [0, 0.05) is 19.1 Å². The molecular formula is C11H21N3O. The molecule has 1 rings (SSSR count). The molecule has 0 amide bonds. The Hall–Kier alpha value is -0.900. The van der Waals surface area contributed by atoms with Crippen molar-refractivity contribution in [3.05, 3.63) is 12.2 Å². The highest BCUT2D eigenvalue weighted by Crippen LogP contribution is 2.14. The van der Waals surface area contributed by atoms with Gasteiger partial charge in [0.25, 0.3) is 0 Å². The number of aliphatic hydroxyl groups is 1. The Morgan fingerprint density at radius 2 is 2.20 bits per heavy atom. The minimum atomic E-state index is 0.235. The molecule has 0 radical (unpaired) electrons. The molecule has 0 aliphatic heterocycles. The number of aromatic nitrogens is 3. The number of hydrogen-bond donors (Lipinski definition) is 1. The third kappa shape index (κ3) is 3.30. The van der Waals surface area contributed by atoms with E-state index in [1.807, 2.05) is 4.68 Å². The Labute approximate surface area is 91.3 Å². The summed E-state index contributed by atoms with van der Waals surface area (Å²) in [7, 11) is 0. The predicted molar refractivity (Wildman–Crippen MR) is 59.6 cm³/mol. The van der Waals surface area contributed by atoms with Crippen LogP contribution in [0.2, 0.25) is 0 Å². The van der Waals surface area contributed by atoms with Crippen LogP contribution in [-0.2, 0) is 6.42 Å². The maximum atomic E-state index is 9.23. The Morgan fingerprint density at radius 1 is 1.47 bits per heavy atom. The van der Waals surface area contributed by atoms with Gasteiger partial charge in [0.15, 0.2) is 0 Å². The normalized spacial score (nSPS) is 13.4. The fourth-order valence-electron chi connectivity index (χ4n) is 1.78. The molecule has 0 spiro atoms. The molecule has 0 aromatic carbocycles. The highest BCUT2D eigenvalue weighted by atomic mass is 16.3. The molecule has 1 unspecified atom stereocenters. The molecule has 0 aliphatic carbocycles. The zero-order valence-electron chi connectivity index (χ0n) is 9.85. The van der Waals surface area contributed by atoms with Gasteiger partial charge in [-0.25, -0.2) is 9.67 Å². The topological polar surface area (TPSA) is 50.9 Å². The molecule has 15 heavy (non-hydrogen) atoms. The molecule has 0 bridgehead atoms. The van der Waals surface area contributed by atoms with E-state index in [1.165, 1.54) is 0 Å². The molecule has 0 saturated heterocycles. The molecule has 0 fully saturated rings. The highest BCUT2D eigenvalue weighted by molar-refractivity contribution is 4.88. The lowest BCUT2D eigenvalue weighted by molar-refractivity contribution is 0.213. The van der Waals surface area contributed by atoms with Crippen molar-refractivity contribution in [2.24, 2.45) is 5.92 Å². The number of rotatable bonds is 6. The molecule has 1 aromatic heterocycles. The van der Waals surface area contributed by atoms with Crippen LogP contribution in [0, 0.1) is 5.92 Å². The average molecular weight is 211 g/mol. The van der Waals surface area contributed by atoms with Gasteiger partial charge < -0.3 is 5.11 Å². The van der Waals surface area contributed by atoms with Crippen molar-refractivity contribution in [1.29, 1.82) is 0 Å². The van der Waals surface area contributed by atoms with Crippen molar-refractivity contribution in [2.45, 2.75) is 46.1 Å². The summed E-state index contributed by atoms with van der Waals surface area (Å²) in [4.78, 5) is 4.25. The molecule has 1 N–H and O–H groups in total. The monoisotopic (exact) mass is 211 g/mol. The van der Waals surface area contributed by atoms with Crippen molar-refractivity contribution in [2.75, 3.05) is 6.61 Å². The molecule has 4 nitrogen and oxygen atoms in total. The minimum Gasteiger partial charge on any atom is -0.396 e. The van der Waals surface area contributed by atoms with Gasteiger partial charge in [-0.05, 0) is 26.2 Å². The molecule has 1 heterocycles. The summed E-state index contributed by atoms with van der Waals surface area (Å²) in [6.45, 7) is 6.55. The second kappa shape index (κ2) is 5.85. The van der Waals surface area contributed by atoms with E-state index in [9.17, 15) is 5.11 Å². The van der Waals surface area contributed by atoms with E-state index in [2.05, 4.69) is 30.9 Å². The summed E-state index contributed by atoms with van der Waals surface area (Å²) in [5.74, 6) is 1.30. The smallest absolute Gasteiger partial charge is 0.138 e. The zero-order chi connectivity index (χ0) is 11.3. The van der Waals surface area contributed by atoms with E-state index >= 15 is 0 Å². The van der Waals surface area contributed by atoms with Gasteiger partial charge in [-0.3, -0.25) is 0 Å². The van der Waals surface area contributed by atoms with Crippen LogP contribution in [0.4, 0.5) is 0 Å². The van der Waals surface area contributed by atoms with Gasteiger partial charge in [-0.15, -0.1) is 0 Å². The number of hydrogen-bond acceptors (Lipinski definition) is 3. The molecule has 86 valence electrons. The zero-order valence-corrected chi connectivity index (χ0v) is 9.85. The Kier molecular flexibility index (Phi) is 4.75. The van der Waals surface area contributed by atoms with Crippen LogP contribution in [0.25, 0.3) is 0 Å². The quantitative estimate of drug-likeness (QED) is 0.780. The van der Waals surface area contributed by atoms with Crippen molar-refractivity contribution in [3.63, 3.8) is 0 Å². The molecule has 4 heteroatoms. The largest absolute Gasteiger partial charge is 0.396 e. The van der Waals surface area contributed by atoms with E-state index in [0.29, 0.717) is 12.0 Å². The van der Waals surface area contributed by atoms with Crippen LogP contribution in [-0.4, -0.2) is 26.5 Å². The first kappa shape index (κ1) is 12.2. The van der Waals surface area contributed by atoms with Crippen LogP contribution in [0.3, 0.4) is 0 Å². The van der Waals surface area contributed by atoms with Crippen LogP contribution in [0.15, 0.2) is 6.33 Å². The van der Waals surface area contributed by atoms with Gasteiger partial charge in [-0.1, -0.05) is 13.3 Å². The van der Waals surface area contributed by atoms with Gasteiger partial charge >= 0.3 is 0 Å². The Balaban J connectivity index is 2.65. The maximum absolute atomic E-state index is 9.23. The van der Waals surface area contributed by atoms with Crippen molar-refractivity contribution >= 4 is 0 Å². The second-order valence-corrected chi connectivity index (χ2v) is 4.26. The summed E-state index contributed by atoms with van der Waals surface area (Å²) >= 11 is 0. The van der Waals surface area contributed by atoms with Crippen molar-refractivity contribution in [3.8, 4) is 0 Å². The van der Waals surface area contributed by atoms with E-state index < -0.39 is 0 Å². The summed E-state index contributed by atoms with van der Waals surface area (Å²) in [6.07, 6.45) is 4.56. The Morgan fingerprint density at radius 3 is 2.73 bits per heavy atom. The third-order valence-electron chi connectivity index (χ3n) is 2.56. The van der Waals surface area contributed by atoms with Crippen LogP contribution in [0.5, 0.6) is 0 Å². The number of aliphatic hydroxyl groups excluding tert-OH is 1. The van der Waals surface area contributed by atoms with Crippen LogP contribution in [0.1, 0.15) is 45.5 Å². The van der Waals surface area contributed by atoms with E-state index in [-0.39, 0.29) is 6.61 Å². The fraction of sp³-hybridized carbons (Fsp3) is 0.818. The summed E-state index contributed by atoms with van der Waals surface area (Å²) in [6, 6.07) is 0.337. The van der Waals surface area contributed by atoms with Gasteiger partial charge in [-0.2, -0.15) is 5.10 Å². The summed E-state index contributed by atoms with van der Waals surface area (Å²) < 4.78 is 1.93. The lowest BCUT2D eigenvalue weighted by Gasteiger charge is -2.14. The van der Waals surface area contributed by atoms with E-state index in [1.54, 1.807) is 6.33 Å². The molecule has 1 aromatic rings. The standard InChI is InChI=1S/C11H21N3O/c1-4-5-10(7-15)6-11-12-8-13-14(11)9(2)3/h8-10,15H,4-7H2,1-3H3. The SMILES string of the molecule is CCCC(CO)Cc1ncnn1C(C)C. The van der Waals surface area contributed by atoms with Crippen LogP contribution < -0.4 is 0 Å². The first-order chi connectivity index (χ1) is 7.19.